The van der Waals surface area contributed by atoms with Gasteiger partial charge in [0.25, 0.3) is 0 Å². The summed E-state index contributed by atoms with van der Waals surface area (Å²) in [7, 11) is 0. The van der Waals surface area contributed by atoms with Crippen LogP contribution in [0.4, 0.5) is 4.39 Å². The molecule has 1 N–H and O–H groups in total. The second kappa shape index (κ2) is 6.56. The van der Waals surface area contributed by atoms with Crippen LogP contribution in [0.3, 0.4) is 0 Å². The highest BCUT2D eigenvalue weighted by molar-refractivity contribution is 5.91. The van der Waals surface area contributed by atoms with Crippen LogP contribution in [0.25, 0.3) is 0 Å². The van der Waals surface area contributed by atoms with E-state index in [1.54, 1.807) is 18.2 Å². The maximum Gasteiger partial charge on any atom is 0.230 e. The molecule has 1 aromatic rings. The number of benzene rings is 1. The number of halogens is 1. The van der Waals surface area contributed by atoms with Gasteiger partial charge < -0.3 is 5.32 Å². The first-order valence-corrected chi connectivity index (χ1v) is 7.82. The molecule has 0 bridgehead atoms. The third kappa shape index (κ3) is 3.26. The highest BCUT2D eigenvalue weighted by Gasteiger charge is 2.52. The molecule has 1 aliphatic rings. The van der Waals surface area contributed by atoms with Gasteiger partial charge in [-0.05, 0) is 38.9 Å². The van der Waals surface area contributed by atoms with E-state index in [0.717, 1.165) is 25.9 Å². The highest BCUT2D eigenvalue weighted by Crippen LogP contribution is 2.49. The van der Waals surface area contributed by atoms with Gasteiger partial charge in [0, 0.05) is 18.2 Å². The summed E-state index contributed by atoms with van der Waals surface area (Å²) < 4.78 is 13.9. The fraction of sp³-hybridized carbons (Fsp3) is 0.588. The van der Waals surface area contributed by atoms with E-state index in [2.05, 4.69) is 31.0 Å². The van der Waals surface area contributed by atoms with E-state index in [9.17, 15) is 9.18 Å². The highest BCUT2D eigenvalue weighted by atomic mass is 19.1. The van der Waals surface area contributed by atoms with Crippen LogP contribution in [0.1, 0.15) is 39.2 Å². The SMILES string of the molecule is CCN(CC)C(C)CNC(=O)C1(c2ccccc2F)CC1. The number of likely N-dealkylation sites (N-methyl/N-ethyl adjacent to an activating group) is 1. The monoisotopic (exact) mass is 292 g/mol. The standard InChI is InChI=1S/C17H25FN2O/c1-4-20(5-2)13(3)12-19-16(21)17(10-11-17)14-8-6-7-9-15(14)18/h6-9,13H,4-5,10-12H2,1-3H3,(H,19,21). The predicted molar refractivity (Wildman–Crippen MR) is 82.7 cm³/mol. The Bertz CT molecular complexity index is 495. The number of rotatable bonds is 7. The van der Waals surface area contributed by atoms with Crippen LogP contribution in [-0.4, -0.2) is 36.5 Å². The van der Waals surface area contributed by atoms with Crippen molar-refractivity contribution in [2.75, 3.05) is 19.6 Å². The summed E-state index contributed by atoms with van der Waals surface area (Å²) in [6.45, 7) is 8.87. The van der Waals surface area contributed by atoms with Crippen LogP contribution in [-0.2, 0) is 10.2 Å². The summed E-state index contributed by atoms with van der Waals surface area (Å²) in [5.41, 5.74) is -0.0908. The average Bonchev–Trinajstić information content (AvgIpc) is 3.28. The minimum Gasteiger partial charge on any atom is -0.354 e. The first-order chi connectivity index (χ1) is 10.0. The van der Waals surface area contributed by atoms with Gasteiger partial charge in [0.15, 0.2) is 0 Å². The number of hydrogen-bond donors (Lipinski definition) is 1. The largest absolute Gasteiger partial charge is 0.354 e. The van der Waals surface area contributed by atoms with Gasteiger partial charge in [-0.1, -0.05) is 32.0 Å². The predicted octanol–water partition coefficient (Wildman–Crippen LogP) is 2.70. The molecule has 1 unspecified atom stereocenters. The summed E-state index contributed by atoms with van der Waals surface area (Å²) >= 11 is 0. The lowest BCUT2D eigenvalue weighted by molar-refractivity contribution is -0.123. The molecule has 0 spiro atoms. The Hall–Kier alpha value is -1.42. The summed E-state index contributed by atoms with van der Waals surface area (Å²) in [6, 6.07) is 6.91. The van der Waals surface area contributed by atoms with Gasteiger partial charge in [-0.15, -0.1) is 0 Å². The molecule has 0 heterocycles. The van der Waals surface area contributed by atoms with E-state index in [-0.39, 0.29) is 11.7 Å². The lowest BCUT2D eigenvalue weighted by atomic mass is 9.94. The zero-order valence-electron chi connectivity index (χ0n) is 13.2. The quantitative estimate of drug-likeness (QED) is 0.838. The summed E-state index contributed by atoms with van der Waals surface area (Å²) in [5, 5.41) is 3.01. The molecule has 0 radical (unpaired) electrons. The van der Waals surface area contributed by atoms with E-state index in [1.165, 1.54) is 6.07 Å². The minimum atomic E-state index is -0.631. The number of nitrogens with one attached hydrogen (secondary N) is 1. The molecule has 1 aliphatic carbocycles. The van der Waals surface area contributed by atoms with Crippen molar-refractivity contribution in [1.82, 2.24) is 10.2 Å². The Balaban J connectivity index is 1.99. The molecule has 1 amide bonds. The Morgan fingerprint density at radius 3 is 2.48 bits per heavy atom. The molecule has 1 fully saturated rings. The van der Waals surface area contributed by atoms with Crippen molar-refractivity contribution in [3.8, 4) is 0 Å². The molecule has 21 heavy (non-hydrogen) atoms. The van der Waals surface area contributed by atoms with Crippen molar-refractivity contribution >= 4 is 5.91 Å². The third-order valence-electron chi connectivity index (χ3n) is 4.57. The van der Waals surface area contributed by atoms with Crippen molar-refractivity contribution in [3.05, 3.63) is 35.6 Å². The van der Waals surface area contributed by atoms with Crippen LogP contribution in [0, 0.1) is 5.82 Å². The average molecular weight is 292 g/mol. The second-order valence-electron chi connectivity index (χ2n) is 5.84. The maximum absolute atomic E-state index is 13.9. The van der Waals surface area contributed by atoms with Crippen molar-refractivity contribution < 1.29 is 9.18 Å². The van der Waals surface area contributed by atoms with Crippen LogP contribution >= 0.6 is 0 Å². The number of nitrogens with zero attached hydrogens (tertiary/aromatic N) is 1. The van der Waals surface area contributed by atoms with Crippen molar-refractivity contribution in [2.24, 2.45) is 0 Å². The number of carbonyl (C=O) groups is 1. The molecular weight excluding hydrogens is 267 g/mol. The van der Waals surface area contributed by atoms with Crippen LogP contribution in [0.2, 0.25) is 0 Å². The molecule has 4 heteroatoms. The zero-order chi connectivity index (χ0) is 15.5. The molecule has 116 valence electrons. The third-order valence-corrected chi connectivity index (χ3v) is 4.57. The molecule has 1 aromatic carbocycles. The topological polar surface area (TPSA) is 32.3 Å². The van der Waals surface area contributed by atoms with Gasteiger partial charge in [-0.2, -0.15) is 0 Å². The maximum atomic E-state index is 13.9. The van der Waals surface area contributed by atoms with E-state index in [1.807, 2.05) is 0 Å². The van der Waals surface area contributed by atoms with Crippen molar-refractivity contribution in [2.45, 2.75) is 45.1 Å². The lowest BCUT2D eigenvalue weighted by Crippen LogP contribution is -2.45. The van der Waals surface area contributed by atoms with Gasteiger partial charge >= 0.3 is 0 Å². The van der Waals surface area contributed by atoms with E-state index in [0.29, 0.717) is 18.2 Å². The number of carbonyl (C=O) groups excluding carboxylic acids is 1. The Labute approximate surface area is 126 Å². The number of amides is 1. The molecule has 0 aliphatic heterocycles. The number of hydrogen-bond acceptors (Lipinski definition) is 2. The fourth-order valence-electron chi connectivity index (χ4n) is 2.98. The summed E-state index contributed by atoms with van der Waals surface area (Å²) in [5.74, 6) is -0.312. The summed E-state index contributed by atoms with van der Waals surface area (Å²) in [4.78, 5) is 14.8. The van der Waals surface area contributed by atoms with Gasteiger partial charge in [-0.25, -0.2) is 4.39 Å². The molecule has 1 atom stereocenters. The molecular formula is C17H25FN2O. The van der Waals surface area contributed by atoms with Crippen molar-refractivity contribution in [3.63, 3.8) is 0 Å². The molecule has 3 nitrogen and oxygen atoms in total. The zero-order valence-corrected chi connectivity index (χ0v) is 13.2. The van der Waals surface area contributed by atoms with Crippen LogP contribution in [0.5, 0.6) is 0 Å². The Kier molecular flexibility index (Phi) is 4.99. The minimum absolute atomic E-state index is 0.0355. The summed E-state index contributed by atoms with van der Waals surface area (Å²) in [6.07, 6.45) is 1.47. The lowest BCUT2D eigenvalue weighted by Gasteiger charge is -2.27. The van der Waals surface area contributed by atoms with Crippen LogP contribution in [0.15, 0.2) is 24.3 Å². The van der Waals surface area contributed by atoms with Gasteiger partial charge in [0.05, 0.1) is 5.41 Å². The Morgan fingerprint density at radius 2 is 1.95 bits per heavy atom. The van der Waals surface area contributed by atoms with Crippen molar-refractivity contribution in [1.29, 1.82) is 0 Å². The first-order valence-electron chi connectivity index (χ1n) is 7.82. The normalized spacial score (nSPS) is 17.6. The van der Waals surface area contributed by atoms with E-state index >= 15 is 0 Å². The second-order valence-corrected chi connectivity index (χ2v) is 5.84. The molecule has 0 aromatic heterocycles. The molecule has 1 saturated carbocycles. The Morgan fingerprint density at radius 1 is 1.33 bits per heavy atom. The van der Waals surface area contributed by atoms with Gasteiger partial charge in [-0.3, -0.25) is 9.69 Å². The van der Waals surface area contributed by atoms with E-state index < -0.39 is 5.41 Å². The van der Waals surface area contributed by atoms with Gasteiger partial charge in [0.2, 0.25) is 5.91 Å². The van der Waals surface area contributed by atoms with E-state index in [4.69, 9.17) is 0 Å². The first kappa shape index (κ1) is 16.0. The van der Waals surface area contributed by atoms with Crippen LogP contribution < -0.4 is 5.32 Å². The molecule has 0 saturated heterocycles. The molecule has 2 rings (SSSR count). The smallest absolute Gasteiger partial charge is 0.230 e. The fourth-order valence-corrected chi connectivity index (χ4v) is 2.98. The van der Waals surface area contributed by atoms with Gasteiger partial charge in [0.1, 0.15) is 5.82 Å².